The molecule has 3 amide bonds. The minimum atomic E-state index is -0.112. The number of hydrogen-bond acceptors (Lipinski definition) is 3. The van der Waals surface area contributed by atoms with Crippen LogP contribution in [0.25, 0.3) is 0 Å². The first-order chi connectivity index (χ1) is 10.5. The van der Waals surface area contributed by atoms with Gasteiger partial charge in [-0.15, -0.1) is 0 Å². The van der Waals surface area contributed by atoms with E-state index in [1.54, 1.807) is 4.90 Å². The van der Waals surface area contributed by atoms with Gasteiger partial charge < -0.3 is 4.90 Å². The Hall–Kier alpha value is -1.39. The van der Waals surface area contributed by atoms with E-state index >= 15 is 0 Å². The third kappa shape index (κ3) is 2.77. The third-order valence-electron chi connectivity index (χ3n) is 5.79. The second-order valence-electron chi connectivity index (χ2n) is 7.16. The molecule has 0 spiro atoms. The Morgan fingerprint density at radius 2 is 1.68 bits per heavy atom. The summed E-state index contributed by atoms with van der Waals surface area (Å²) in [5, 5.41) is 0. The van der Waals surface area contributed by atoms with Crippen LogP contribution in [0.2, 0.25) is 0 Å². The highest BCUT2D eigenvalue weighted by atomic mass is 16.2. The summed E-state index contributed by atoms with van der Waals surface area (Å²) in [6.07, 6.45) is 6.39. The predicted octanol–water partition coefficient (Wildman–Crippen LogP) is 1.81. The average Bonchev–Trinajstić information content (AvgIpc) is 3.34. The number of fused-ring (bicyclic) bond motifs is 1. The van der Waals surface area contributed by atoms with E-state index < -0.39 is 0 Å². The first-order valence-corrected chi connectivity index (χ1v) is 8.61. The van der Waals surface area contributed by atoms with Crippen LogP contribution in [-0.4, -0.2) is 47.2 Å². The molecule has 3 rings (SSSR count). The molecule has 3 fully saturated rings. The van der Waals surface area contributed by atoms with Crippen LogP contribution in [0.5, 0.6) is 0 Å². The largest absolute Gasteiger partial charge is 0.343 e. The molecule has 0 bridgehead atoms. The van der Waals surface area contributed by atoms with Gasteiger partial charge in [-0.3, -0.25) is 19.3 Å². The van der Waals surface area contributed by atoms with Crippen LogP contribution >= 0.6 is 0 Å². The van der Waals surface area contributed by atoms with Gasteiger partial charge in [-0.2, -0.15) is 0 Å². The summed E-state index contributed by atoms with van der Waals surface area (Å²) < 4.78 is 0. The molecule has 2 saturated carbocycles. The molecule has 0 N–H and O–H groups in total. The van der Waals surface area contributed by atoms with Crippen LogP contribution in [0.15, 0.2) is 0 Å². The number of rotatable bonds is 5. The monoisotopic (exact) mass is 306 g/mol. The van der Waals surface area contributed by atoms with Crippen LogP contribution in [0.4, 0.5) is 0 Å². The molecule has 0 aromatic rings. The molecule has 122 valence electrons. The zero-order valence-corrected chi connectivity index (χ0v) is 13.6. The van der Waals surface area contributed by atoms with Gasteiger partial charge in [0.2, 0.25) is 17.7 Å². The van der Waals surface area contributed by atoms with E-state index in [0.717, 1.165) is 25.7 Å². The Kier molecular flexibility index (Phi) is 4.24. The lowest BCUT2D eigenvalue weighted by Crippen LogP contribution is -2.40. The van der Waals surface area contributed by atoms with Crippen molar-refractivity contribution in [2.45, 2.75) is 57.9 Å². The number of likely N-dealkylation sites (tertiary alicyclic amines) is 1. The highest BCUT2D eigenvalue weighted by molar-refractivity contribution is 6.05. The fourth-order valence-electron chi connectivity index (χ4n) is 3.96. The maximum Gasteiger partial charge on any atom is 0.233 e. The minimum Gasteiger partial charge on any atom is -0.343 e. The van der Waals surface area contributed by atoms with Crippen molar-refractivity contribution in [3.63, 3.8) is 0 Å². The first kappa shape index (κ1) is 15.5. The van der Waals surface area contributed by atoms with Crippen LogP contribution in [-0.2, 0) is 14.4 Å². The van der Waals surface area contributed by atoms with Crippen molar-refractivity contribution in [3.05, 3.63) is 0 Å². The molecule has 2 aliphatic carbocycles. The Morgan fingerprint density at radius 3 is 2.18 bits per heavy atom. The molecule has 5 nitrogen and oxygen atoms in total. The number of imide groups is 1. The Morgan fingerprint density at radius 1 is 1.14 bits per heavy atom. The molecule has 1 saturated heterocycles. The fourth-order valence-corrected chi connectivity index (χ4v) is 3.96. The zero-order valence-electron chi connectivity index (χ0n) is 13.6. The third-order valence-corrected chi connectivity index (χ3v) is 5.79. The summed E-state index contributed by atoms with van der Waals surface area (Å²) in [7, 11) is 1.83. The van der Waals surface area contributed by atoms with Crippen LogP contribution in [0.3, 0.4) is 0 Å². The van der Waals surface area contributed by atoms with Crippen molar-refractivity contribution >= 4 is 17.7 Å². The van der Waals surface area contributed by atoms with Crippen molar-refractivity contribution in [2.75, 3.05) is 13.6 Å². The van der Waals surface area contributed by atoms with E-state index in [4.69, 9.17) is 0 Å². The van der Waals surface area contributed by atoms with E-state index in [9.17, 15) is 14.4 Å². The van der Waals surface area contributed by atoms with E-state index in [1.165, 1.54) is 17.7 Å². The van der Waals surface area contributed by atoms with Gasteiger partial charge in [-0.1, -0.05) is 12.8 Å². The van der Waals surface area contributed by atoms with Gasteiger partial charge in [-0.25, -0.2) is 0 Å². The summed E-state index contributed by atoms with van der Waals surface area (Å²) >= 11 is 0. The Bertz CT molecular complexity index is 462. The van der Waals surface area contributed by atoms with E-state index in [-0.39, 0.29) is 48.6 Å². The number of amides is 3. The Labute approximate surface area is 132 Å². The lowest BCUT2D eigenvalue weighted by molar-refractivity contribution is -0.141. The van der Waals surface area contributed by atoms with E-state index in [2.05, 4.69) is 6.92 Å². The predicted molar refractivity (Wildman–Crippen MR) is 81.7 cm³/mol. The van der Waals surface area contributed by atoms with Gasteiger partial charge >= 0.3 is 0 Å². The molecule has 22 heavy (non-hydrogen) atoms. The lowest BCUT2D eigenvalue weighted by atomic mass is 9.81. The van der Waals surface area contributed by atoms with Crippen LogP contribution < -0.4 is 0 Å². The summed E-state index contributed by atoms with van der Waals surface area (Å²) in [5.41, 5.74) is 0. The van der Waals surface area contributed by atoms with Crippen molar-refractivity contribution in [1.29, 1.82) is 0 Å². The van der Waals surface area contributed by atoms with Gasteiger partial charge in [0.15, 0.2) is 0 Å². The van der Waals surface area contributed by atoms with Gasteiger partial charge in [0, 0.05) is 26.1 Å². The molecule has 3 aliphatic rings. The minimum absolute atomic E-state index is 0.0369. The summed E-state index contributed by atoms with van der Waals surface area (Å²) in [5.74, 6) is 0.362. The Balaban J connectivity index is 1.55. The molecule has 5 heteroatoms. The van der Waals surface area contributed by atoms with Crippen molar-refractivity contribution in [1.82, 2.24) is 9.80 Å². The highest BCUT2D eigenvalue weighted by Gasteiger charge is 2.48. The van der Waals surface area contributed by atoms with Gasteiger partial charge in [0.1, 0.15) is 0 Å². The molecular formula is C17H26N2O3. The highest BCUT2D eigenvalue weighted by Crippen LogP contribution is 2.38. The second-order valence-corrected chi connectivity index (χ2v) is 7.16. The number of carbonyl (C=O) groups is 3. The van der Waals surface area contributed by atoms with Gasteiger partial charge in [0.25, 0.3) is 0 Å². The number of nitrogens with zero attached hydrogens (tertiary/aromatic N) is 2. The molecule has 0 aromatic carbocycles. The lowest BCUT2D eigenvalue weighted by Gasteiger charge is -2.25. The second kappa shape index (κ2) is 6.01. The quantitative estimate of drug-likeness (QED) is 0.728. The molecule has 1 heterocycles. The molecule has 0 radical (unpaired) electrons. The van der Waals surface area contributed by atoms with E-state index in [0.29, 0.717) is 5.92 Å². The van der Waals surface area contributed by atoms with Gasteiger partial charge in [-0.05, 0) is 38.5 Å². The SMILES string of the molecule is C[C@H](C1CC1)N(C)C(=O)CCN1C(=O)[C@H]2CCCC[C@@H]2C1=O. The number of carbonyl (C=O) groups excluding carboxylic acids is 3. The first-order valence-electron chi connectivity index (χ1n) is 8.61. The summed E-state index contributed by atoms with van der Waals surface area (Å²) in [4.78, 5) is 40.2. The normalized spacial score (nSPS) is 29.5. The fraction of sp³-hybridized carbons (Fsp3) is 0.824. The molecule has 1 aliphatic heterocycles. The van der Waals surface area contributed by atoms with E-state index in [1.807, 2.05) is 7.05 Å². The smallest absolute Gasteiger partial charge is 0.233 e. The molecule has 0 aromatic heterocycles. The summed E-state index contributed by atoms with van der Waals surface area (Å²) in [6.45, 7) is 2.33. The average molecular weight is 306 g/mol. The number of hydrogen-bond donors (Lipinski definition) is 0. The van der Waals surface area contributed by atoms with Crippen LogP contribution in [0, 0.1) is 17.8 Å². The molecule has 0 unspecified atom stereocenters. The van der Waals surface area contributed by atoms with Crippen LogP contribution in [0.1, 0.15) is 51.9 Å². The molecular weight excluding hydrogens is 280 g/mol. The van der Waals surface area contributed by atoms with Crippen molar-refractivity contribution < 1.29 is 14.4 Å². The zero-order chi connectivity index (χ0) is 15.9. The maximum absolute atomic E-state index is 12.4. The standard InChI is InChI=1S/C17H26N2O3/c1-11(12-7-8-12)18(2)15(20)9-10-19-16(21)13-5-3-4-6-14(13)17(19)22/h11-14H,3-10H2,1-2H3/t11-,13+,14+/m1/s1. The molecule has 3 atom stereocenters. The van der Waals surface area contributed by atoms with Gasteiger partial charge in [0.05, 0.1) is 11.8 Å². The van der Waals surface area contributed by atoms with Crippen molar-refractivity contribution in [2.24, 2.45) is 17.8 Å². The topological polar surface area (TPSA) is 57.7 Å². The summed E-state index contributed by atoms with van der Waals surface area (Å²) in [6, 6.07) is 0.264. The maximum atomic E-state index is 12.4. The van der Waals surface area contributed by atoms with Crippen molar-refractivity contribution in [3.8, 4) is 0 Å².